The maximum atomic E-state index is 12.0. The second kappa shape index (κ2) is 5.77. The van der Waals surface area contributed by atoms with E-state index in [9.17, 15) is 20.0 Å². The number of aromatic hydroxyl groups is 1. The molecule has 0 bridgehead atoms. The SMILES string of the molecule is CC1CCN(C(=O)Nc2ccc([N+](=O)[O-])cc2O)CC1. The Hall–Kier alpha value is -2.31. The Labute approximate surface area is 116 Å². The lowest BCUT2D eigenvalue weighted by Gasteiger charge is -2.30. The zero-order valence-electron chi connectivity index (χ0n) is 11.2. The number of rotatable bonds is 2. The highest BCUT2D eigenvalue weighted by Crippen LogP contribution is 2.28. The molecule has 7 heteroatoms. The number of non-ortho nitro benzene ring substituents is 1. The first-order chi connectivity index (χ1) is 9.47. The molecule has 0 radical (unpaired) electrons. The Morgan fingerprint density at radius 3 is 2.65 bits per heavy atom. The summed E-state index contributed by atoms with van der Waals surface area (Å²) < 4.78 is 0. The van der Waals surface area contributed by atoms with Gasteiger partial charge in [0.2, 0.25) is 0 Å². The van der Waals surface area contributed by atoms with Crippen LogP contribution < -0.4 is 5.32 Å². The molecule has 0 spiro atoms. The van der Waals surface area contributed by atoms with Gasteiger partial charge in [0.05, 0.1) is 16.7 Å². The van der Waals surface area contributed by atoms with Crippen molar-refractivity contribution >= 4 is 17.4 Å². The number of phenolic OH excluding ortho intramolecular Hbond substituents is 1. The van der Waals surface area contributed by atoms with Gasteiger partial charge in [0.1, 0.15) is 5.75 Å². The summed E-state index contributed by atoms with van der Waals surface area (Å²) in [5.41, 5.74) is -0.0356. The minimum atomic E-state index is -0.600. The van der Waals surface area contributed by atoms with Crippen molar-refractivity contribution in [3.63, 3.8) is 0 Å². The number of hydrogen-bond acceptors (Lipinski definition) is 4. The average molecular weight is 279 g/mol. The molecule has 2 N–H and O–H groups in total. The number of likely N-dealkylation sites (tertiary alicyclic amines) is 1. The Kier molecular flexibility index (Phi) is 4.07. The third kappa shape index (κ3) is 3.17. The highest BCUT2D eigenvalue weighted by Gasteiger charge is 2.21. The maximum Gasteiger partial charge on any atom is 0.321 e. The van der Waals surface area contributed by atoms with Crippen molar-refractivity contribution in [3.05, 3.63) is 28.3 Å². The first-order valence-corrected chi connectivity index (χ1v) is 6.50. The number of amides is 2. The third-order valence-electron chi connectivity index (χ3n) is 3.50. The number of urea groups is 1. The Balaban J connectivity index is 2.02. The smallest absolute Gasteiger partial charge is 0.321 e. The topological polar surface area (TPSA) is 95.7 Å². The van der Waals surface area contributed by atoms with Gasteiger partial charge >= 0.3 is 6.03 Å². The van der Waals surface area contributed by atoms with Crippen molar-refractivity contribution in [1.82, 2.24) is 4.90 Å². The first kappa shape index (κ1) is 14.1. The van der Waals surface area contributed by atoms with Crippen LogP contribution in [0.1, 0.15) is 19.8 Å². The molecule has 0 saturated carbocycles. The van der Waals surface area contributed by atoms with E-state index in [0.29, 0.717) is 19.0 Å². The number of hydrogen-bond donors (Lipinski definition) is 2. The highest BCUT2D eigenvalue weighted by atomic mass is 16.6. The van der Waals surface area contributed by atoms with E-state index in [2.05, 4.69) is 12.2 Å². The molecule has 1 heterocycles. The predicted molar refractivity (Wildman–Crippen MR) is 73.8 cm³/mol. The van der Waals surface area contributed by atoms with E-state index >= 15 is 0 Å². The molecule has 2 amide bonds. The van der Waals surface area contributed by atoms with Gasteiger partial charge in [0.15, 0.2) is 0 Å². The van der Waals surface area contributed by atoms with Crippen molar-refractivity contribution < 1.29 is 14.8 Å². The van der Waals surface area contributed by atoms with Gasteiger partial charge in [-0.1, -0.05) is 6.92 Å². The van der Waals surface area contributed by atoms with Gasteiger partial charge < -0.3 is 15.3 Å². The van der Waals surface area contributed by atoms with Crippen molar-refractivity contribution in [1.29, 1.82) is 0 Å². The standard InChI is InChI=1S/C13H17N3O4/c1-9-4-6-15(7-5-9)13(18)14-11-3-2-10(16(19)20)8-12(11)17/h2-3,8-9,17H,4-7H2,1H3,(H,14,18). The van der Waals surface area contributed by atoms with E-state index in [1.54, 1.807) is 4.90 Å². The number of nitro benzene ring substituents is 1. The molecular formula is C13H17N3O4. The van der Waals surface area contributed by atoms with Crippen LogP contribution in [0.15, 0.2) is 18.2 Å². The number of nitrogens with one attached hydrogen (secondary N) is 1. The quantitative estimate of drug-likeness (QED) is 0.494. The largest absolute Gasteiger partial charge is 0.506 e. The molecule has 1 fully saturated rings. The van der Waals surface area contributed by atoms with Crippen LogP contribution in [-0.2, 0) is 0 Å². The normalized spacial score (nSPS) is 15.9. The molecule has 1 aliphatic rings. The minimum absolute atomic E-state index is 0.180. The lowest BCUT2D eigenvalue weighted by molar-refractivity contribution is -0.384. The Bertz CT molecular complexity index is 524. The summed E-state index contributed by atoms with van der Waals surface area (Å²) >= 11 is 0. The molecule has 0 aromatic heterocycles. The average Bonchev–Trinajstić information content (AvgIpc) is 2.41. The maximum absolute atomic E-state index is 12.0. The van der Waals surface area contributed by atoms with E-state index in [0.717, 1.165) is 18.9 Å². The van der Waals surface area contributed by atoms with Crippen molar-refractivity contribution in [3.8, 4) is 5.75 Å². The number of benzene rings is 1. The first-order valence-electron chi connectivity index (χ1n) is 6.50. The van der Waals surface area contributed by atoms with Crippen LogP contribution in [0.3, 0.4) is 0 Å². The molecular weight excluding hydrogens is 262 g/mol. The zero-order chi connectivity index (χ0) is 14.7. The van der Waals surface area contributed by atoms with E-state index in [-0.39, 0.29) is 23.2 Å². The molecule has 1 aromatic carbocycles. The molecule has 20 heavy (non-hydrogen) atoms. The summed E-state index contributed by atoms with van der Waals surface area (Å²) in [6, 6.07) is 3.31. The van der Waals surface area contributed by atoms with E-state index < -0.39 is 4.92 Å². The fourth-order valence-electron chi connectivity index (χ4n) is 2.15. The van der Waals surface area contributed by atoms with E-state index in [4.69, 9.17) is 0 Å². The van der Waals surface area contributed by atoms with Crippen LogP contribution in [0.25, 0.3) is 0 Å². The van der Waals surface area contributed by atoms with Crippen LogP contribution in [0.5, 0.6) is 5.75 Å². The van der Waals surface area contributed by atoms with Crippen molar-refractivity contribution in [2.24, 2.45) is 5.92 Å². The molecule has 108 valence electrons. The van der Waals surface area contributed by atoms with Gasteiger partial charge in [-0.05, 0) is 24.8 Å². The predicted octanol–water partition coefficient (Wildman–Crippen LogP) is 2.56. The monoisotopic (exact) mass is 279 g/mol. The molecule has 1 aromatic rings. The number of carbonyl (C=O) groups is 1. The van der Waals surface area contributed by atoms with Crippen LogP contribution >= 0.6 is 0 Å². The summed E-state index contributed by atoms with van der Waals surface area (Å²) in [5, 5.41) is 22.8. The van der Waals surface area contributed by atoms with Gasteiger partial charge in [-0.15, -0.1) is 0 Å². The number of phenols is 1. The number of nitrogens with zero attached hydrogens (tertiary/aromatic N) is 2. The van der Waals surface area contributed by atoms with Crippen LogP contribution in [0.2, 0.25) is 0 Å². The molecule has 1 saturated heterocycles. The molecule has 0 atom stereocenters. The van der Waals surface area contributed by atoms with Crippen molar-refractivity contribution in [2.75, 3.05) is 18.4 Å². The fraction of sp³-hybridized carbons (Fsp3) is 0.462. The number of nitro groups is 1. The van der Waals surface area contributed by atoms with Crippen LogP contribution in [0.4, 0.5) is 16.2 Å². The number of anilines is 1. The summed E-state index contributed by atoms with van der Waals surface area (Å²) in [6.45, 7) is 3.51. The number of carbonyl (C=O) groups excluding carboxylic acids is 1. The molecule has 0 unspecified atom stereocenters. The lowest BCUT2D eigenvalue weighted by Crippen LogP contribution is -2.40. The molecule has 7 nitrogen and oxygen atoms in total. The Morgan fingerprint density at radius 2 is 2.10 bits per heavy atom. The van der Waals surface area contributed by atoms with Crippen LogP contribution in [-0.4, -0.2) is 34.1 Å². The van der Waals surface area contributed by atoms with Gasteiger partial charge in [0, 0.05) is 19.2 Å². The van der Waals surface area contributed by atoms with Gasteiger partial charge in [-0.2, -0.15) is 0 Å². The summed E-state index contributed by atoms with van der Waals surface area (Å²) in [7, 11) is 0. The van der Waals surface area contributed by atoms with Crippen molar-refractivity contribution in [2.45, 2.75) is 19.8 Å². The minimum Gasteiger partial charge on any atom is -0.506 e. The summed E-state index contributed by atoms with van der Waals surface area (Å²) in [6.07, 6.45) is 1.92. The molecule has 1 aliphatic heterocycles. The second-order valence-electron chi connectivity index (χ2n) is 5.06. The summed E-state index contributed by atoms with van der Waals surface area (Å²) in [4.78, 5) is 23.7. The molecule has 2 rings (SSSR count). The van der Waals surface area contributed by atoms with Crippen LogP contribution in [0, 0.1) is 16.0 Å². The molecule has 0 aliphatic carbocycles. The third-order valence-corrected chi connectivity index (χ3v) is 3.50. The zero-order valence-corrected chi connectivity index (χ0v) is 11.2. The number of piperidine rings is 1. The van der Waals surface area contributed by atoms with E-state index in [1.165, 1.54) is 12.1 Å². The highest BCUT2D eigenvalue weighted by molar-refractivity contribution is 5.91. The van der Waals surface area contributed by atoms with E-state index in [1.807, 2.05) is 0 Å². The van der Waals surface area contributed by atoms with Gasteiger partial charge in [0.25, 0.3) is 5.69 Å². The van der Waals surface area contributed by atoms with Gasteiger partial charge in [-0.3, -0.25) is 10.1 Å². The lowest BCUT2D eigenvalue weighted by atomic mass is 10.00. The second-order valence-corrected chi connectivity index (χ2v) is 5.06. The summed E-state index contributed by atoms with van der Waals surface area (Å²) in [5.74, 6) is 0.310. The Morgan fingerprint density at radius 1 is 1.45 bits per heavy atom. The van der Waals surface area contributed by atoms with Gasteiger partial charge in [-0.25, -0.2) is 4.79 Å². The fourth-order valence-corrected chi connectivity index (χ4v) is 2.15.